The molecule has 1 aromatic carbocycles. The van der Waals surface area contributed by atoms with Crippen molar-refractivity contribution >= 4 is 11.8 Å². The van der Waals surface area contributed by atoms with E-state index >= 15 is 0 Å². The van der Waals surface area contributed by atoms with Crippen molar-refractivity contribution in [1.29, 1.82) is 0 Å². The summed E-state index contributed by atoms with van der Waals surface area (Å²) < 4.78 is 0. The molecule has 1 aliphatic heterocycles. The van der Waals surface area contributed by atoms with Crippen molar-refractivity contribution in [2.75, 3.05) is 13.1 Å². The van der Waals surface area contributed by atoms with Crippen LogP contribution in [0.15, 0.2) is 48.8 Å². The molecule has 5 heteroatoms. The van der Waals surface area contributed by atoms with E-state index in [4.69, 9.17) is 0 Å². The lowest BCUT2D eigenvalue weighted by Crippen LogP contribution is -2.55. The molecule has 0 bridgehead atoms. The van der Waals surface area contributed by atoms with Gasteiger partial charge in [-0.25, -0.2) is 0 Å². The van der Waals surface area contributed by atoms with Crippen molar-refractivity contribution < 1.29 is 9.59 Å². The number of nitrogens with zero attached hydrogens (tertiary/aromatic N) is 2. The molecule has 5 nitrogen and oxygen atoms in total. The van der Waals surface area contributed by atoms with Gasteiger partial charge < -0.3 is 10.2 Å². The van der Waals surface area contributed by atoms with Gasteiger partial charge in [0, 0.05) is 37.9 Å². The molecule has 0 unspecified atom stereocenters. The Morgan fingerprint density at radius 3 is 2.48 bits per heavy atom. The maximum absolute atomic E-state index is 13.5. The van der Waals surface area contributed by atoms with Crippen molar-refractivity contribution in [3.63, 3.8) is 0 Å². The monoisotopic (exact) mass is 421 g/mol. The SMILES string of the molecule is CC(C)CC(=O)N1CCC[C@@](Cc2ccccc2-c2ccncc2)(C(=O)NC(C)C)C1. The van der Waals surface area contributed by atoms with E-state index in [0.717, 1.165) is 36.1 Å². The minimum Gasteiger partial charge on any atom is -0.353 e. The zero-order chi connectivity index (χ0) is 22.4. The molecule has 1 atom stereocenters. The summed E-state index contributed by atoms with van der Waals surface area (Å²) in [5.74, 6) is 0.508. The quantitative estimate of drug-likeness (QED) is 0.717. The van der Waals surface area contributed by atoms with Crippen LogP contribution < -0.4 is 5.32 Å². The molecule has 1 saturated heterocycles. The number of nitrogens with one attached hydrogen (secondary N) is 1. The molecule has 0 spiro atoms. The Hall–Kier alpha value is -2.69. The largest absolute Gasteiger partial charge is 0.353 e. The zero-order valence-corrected chi connectivity index (χ0v) is 19.2. The minimum absolute atomic E-state index is 0.0501. The summed E-state index contributed by atoms with van der Waals surface area (Å²) in [4.78, 5) is 32.4. The first kappa shape index (κ1) is 23.0. The number of pyridine rings is 1. The van der Waals surface area contributed by atoms with Gasteiger partial charge in [0.25, 0.3) is 0 Å². The van der Waals surface area contributed by atoms with E-state index in [2.05, 4.69) is 36.3 Å². The van der Waals surface area contributed by atoms with Gasteiger partial charge in [0.1, 0.15) is 0 Å². The van der Waals surface area contributed by atoms with E-state index in [1.807, 2.05) is 43.0 Å². The molecule has 2 aromatic rings. The Kier molecular flexibility index (Phi) is 7.47. The van der Waals surface area contributed by atoms with Gasteiger partial charge in [0.2, 0.25) is 11.8 Å². The molecule has 1 aliphatic rings. The number of carbonyl (C=O) groups is 2. The van der Waals surface area contributed by atoms with Gasteiger partial charge in [-0.05, 0) is 67.9 Å². The molecule has 166 valence electrons. The summed E-state index contributed by atoms with van der Waals surface area (Å²) in [6.45, 7) is 9.30. The lowest BCUT2D eigenvalue weighted by atomic mass is 9.73. The van der Waals surface area contributed by atoms with E-state index in [9.17, 15) is 9.59 Å². The van der Waals surface area contributed by atoms with E-state index in [1.54, 1.807) is 12.4 Å². The van der Waals surface area contributed by atoms with Crippen molar-refractivity contribution in [2.24, 2.45) is 11.3 Å². The highest BCUT2D eigenvalue weighted by Crippen LogP contribution is 2.37. The molecule has 1 N–H and O–H groups in total. The third-order valence-corrected chi connectivity index (χ3v) is 5.95. The van der Waals surface area contributed by atoms with Crippen LogP contribution in [0.25, 0.3) is 11.1 Å². The highest BCUT2D eigenvalue weighted by Gasteiger charge is 2.44. The van der Waals surface area contributed by atoms with E-state index in [0.29, 0.717) is 25.3 Å². The summed E-state index contributed by atoms with van der Waals surface area (Å²) in [5, 5.41) is 3.15. The lowest BCUT2D eigenvalue weighted by molar-refractivity contribution is -0.142. The van der Waals surface area contributed by atoms with Gasteiger partial charge in [0.15, 0.2) is 0 Å². The van der Waals surface area contributed by atoms with Crippen LogP contribution in [-0.4, -0.2) is 40.8 Å². The average molecular weight is 422 g/mol. The van der Waals surface area contributed by atoms with Crippen LogP contribution in [0.2, 0.25) is 0 Å². The number of rotatable bonds is 7. The number of likely N-dealkylation sites (tertiary alicyclic amines) is 1. The molecular formula is C26H35N3O2. The second kappa shape index (κ2) is 10.1. The summed E-state index contributed by atoms with van der Waals surface area (Å²) in [6, 6.07) is 12.3. The number of benzene rings is 1. The maximum Gasteiger partial charge on any atom is 0.228 e. The minimum atomic E-state index is -0.627. The van der Waals surface area contributed by atoms with Gasteiger partial charge in [0.05, 0.1) is 5.41 Å². The molecule has 0 radical (unpaired) electrons. The van der Waals surface area contributed by atoms with Crippen LogP contribution in [0, 0.1) is 11.3 Å². The van der Waals surface area contributed by atoms with Crippen LogP contribution in [0.3, 0.4) is 0 Å². The normalized spacial score (nSPS) is 19.0. The molecule has 2 heterocycles. The van der Waals surface area contributed by atoms with E-state index in [-0.39, 0.29) is 17.9 Å². The molecule has 0 aliphatic carbocycles. The molecule has 3 rings (SSSR count). The molecule has 2 amide bonds. The first-order chi connectivity index (χ1) is 14.8. The van der Waals surface area contributed by atoms with Crippen LogP contribution in [0.5, 0.6) is 0 Å². The fourth-order valence-electron chi connectivity index (χ4n) is 4.50. The first-order valence-electron chi connectivity index (χ1n) is 11.4. The fraction of sp³-hybridized carbons (Fsp3) is 0.500. The topological polar surface area (TPSA) is 62.3 Å². The summed E-state index contributed by atoms with van der Waals surface area (Å²) in [6.07, 6.45) is 6.33. The second-order valence-corrected chi connectivity index (χ2v) is 9.50. The molecule has 1 aromatic heterocycles. The molecular weight excluding hydrogens is 386 g/mol. The predicted molar refractivity (Wildman–Crippen MR) is 124 cm³/mol. The van der Waals surface area contributed by atoms with Crippen molar-refractivity contribution in [2.45, 2.75) is 59.4 Å². The van der Waals surface area contributed by atoms with Crippen LogP contribution in [0.4, 0.5) is 0 Å². The van der Waals surface area contributed by atoms with Gasteiger partial charge in [-0.3, -0.25) is 14.6 Å². The van der Waals surface area contributed by atoms with E-state index < -0.39 is 5.41 Å². The third kappa shape index (κ3) is 5.72. The number of carbonyl (C=O) groups excluding carboxylic acids is 2. The number of hydrogen-bond acceptors (Lipinski definition) is 3. The van der Waals surface area contributed by atoms with Crippen molar-refractivity contribution in [3.8, 4) is 11.1 Å². The van der Waals surface area contributed by atoms with Crippen LogP contribution >= 0.6 is 0 Å². The van der Waals surface area contributed by atoms with Gasteiger partial charge in [-0.15, -0.1) is 0 Å². The highest BCUT2D eigenvalue weighted by atomic mass is 16.2. The van der Waals surface area contributed by atoms with E-state index in [1.165, 1.54) is 0 Å². The summed E-state index contributed by atoms with van der Waals surface area (Å²) in [7, 11) is 0. The Balaban J connectivity index is 1.96. The number of piperidine rings is 1. The van der Waals surface area contributed by atoms with Crippen LogP contribution in [0.1, 0.15) is 52.5 Å². The number of hydrogen-bond donors (Lipinski definition) is 1. The van der Waals surface area contributed by atoms with Crippen molar-refractivity contribution in [3.05, 3.63) is 54.4 Å². The highest BCUT2D eigenvalue weighted by molar-refractivity contribution is 5.85. The molecule has 1 fully saturated rings. The molecule has 31 heavy (non-hydrogen) atoms. The maximum atomic E-state index is 13.5. The Bertz CT molecular complexity index is 895. The number of aromatic nitrogens is 1. The number of amides is 2. The summed E-state index contributed by atoms with van der Waals surface area (Å²) in [5.41, 5.74) is 2.71. The smallest absolute Gasteiger partial charge is 0.228 e. The Labute approximate surface area is 186 Å². The van der Waals surface area contributed by atoms with Gasteiger partial charge >= 0.3 is 0 Å². The average Bonchev–Trinajstić information content (AvgIpc) is 2.74. The Morgan fingerprint density at radius 2 is 1.81 bits per heavy atom. The first-order valence-corrected chi connectivity index (χ1v) is 11.4. The Morgan fingerprint density at radius 1 is 1.10 bits per heavy atom. The molecule has 0 saturated carbocycles. The van der Waals surface area contributed by atoms with Gasteiger partial charge in [-0.1, -0.05) is 38.1 Å². The fourth-order valence-corrected chi connectivity index (χ4v) is 4.50. The third-order valence-electron chi connectivity index (χ3n) is 5.95. The standard InChI is InChI=1S/C26H35N3O2/c1-19(2)16-24(30)29-15-7-12-26(18-29,25(31)28-20(3)4)17-22-8-5-6-9-23(22)21-10-13-27-14-11-21/h5-6,8-11,13-14,19-20H,7,12,15-18H2,1-4H3,(H,28,31)/t26-/m0/s1. The summed E-state index contributed by atoms with van der Waals surface area (Å²) >= 11 is 0. The van der Waals surface area contributed by atoms with Crippen LogP contribution in [-0.2, 0) is 16.0 Å². The lowest BCUT2D eigenvalue weighted by Gasteiger charge is -2.42. The van der Waals surface area contributed by atoms with Crippen molar-refractivity contribution in [1.82, 2.24) is 15.2 Å². The predicted octanol–water partition coefficient (Wildman–Crippen LogP) is 4.47. The zero-order valence-electron chi connectivity index (χ0n) is 19.2. The van der Waals surface area contributed by atoms with Gasteiger partial charge in [-0.2, -0.15) is 0 Å². The second-order valence-electron chi connectivity index (χ2n) is 9.50.